The number of carbonyl (C=O) groups excluding carboxylic acids is 1. The van der Waals surface area contributed by atoms with Crippen molar-refractivity contribution in [3.05, 3.63) is 47.5 Å². The van der Waals surface area contributed by atoms with Crippen molar-refractivity contribution in [3.63, 3.8) is 0 Å². The Balaban J connectivity index is 1.31. The number of amides is 1. The smallest absolute Gasteiger partial charge is 0.248 e. The Morgan fingerprint density at radius 1 is 1.06 bits per heavy atom. The Hall–Kier alpha value is -2.30. The molecule has 168 valence electrons. The van der Waals surface area contributed by atoms with E-state index in [0.29, 0.717) is 45.8 Å². The second kappa shape index (κ2) is 9.46. The normalized spacial score (nSPS) is 18.5. The third kappa shape index (κ3) is 5.31. The number of rotatable bonds is 6. The van der Waals surface area contributed by atoms with E-state index in [9.17, 15) is 13.2 Å². The van der Waals surface area contributed by atoms with E-state index in [1.165, 1.54) is 10.6 Å². The van der Waals surface area contributed by atoms with Crippen molar-refractivity contribution in [1.82, 2.24) is 24.0 Å². The maximum atomic E-state index is 12.6. The number of ether oxygens (including phenoxy) is 1. The summed E-state index contributed by atoms with van der Waals surface area (Å²) in [6, 6.07) is 9.81. The Morgan fingerprint density at radius 3 is 2.52 bits per heavy atom. The van der Waals surface area contributed by atoms with Crippen LogP contribution in [0.15, 0.2) is 30.3 Å². The Morgan fingerprint density at radius 2 is 1.81 bits per heavy atom. The largest absolute Gasteiger partial charge is 0.367 e. The van der Waals surface area contributed by atoms with Crippen molar-refractivity contribution in [2.75, 3.05) is 39.0 Å². The molecule has 9 nitrogen and oxygen atoms in total. The second-order valence-electron chi connectivity index (χ2n) is 8.17. The predicted molar refractivity (Wildman–Crippen MR) is 115 cm³/mol. The van der Waals surface area contributed by atoms with Gasteiger partial charge in [-0.05, 0) is 18.4 Å². The minimum Gasteiger partial charge on any atom is -0.367 e. The van der Waals surface area contributed by atoms with Crippen LogP contribution in [0.3, 0.4) is 0 Å². The van der Waals surface area contributed by atoms with Crippen molar-refractivity contribution in [2.45, 2.75) is 38.3 Å². The van der Waals surface area contributed by atoms with Crippen LogP contribution in [-0.2, 0) is 39.1 Å². The minimum atomic E-state index is -3.15. The molecule has 31 heavy (non-hydrogen) atoms. The topological polar surface area (TPSA) is 97.6 Å². The molecule has 2 aliphatic heterocycles. The number of piperidine rings is 1. The molecule has 1 saturated heterocycles. The Bertz CT molecular complexity index is 1000. The molecule has 10 heteroatoms. The number of hydrogen-bond acceptors (Lipinski definition) is 6. The lowest BCUT2D eigenvalue weighted by atomic mass is 9.97. The fourth-order valence-electron chi connectivity index (χ4n) is 4.26. The molecule has 0 N–H and O–H groups in total. The van der Waals surface area contributed by atoms with Gasteiger partial charge in [0.2, 0.25) is 15.9 Å². The summed E-state index contributed by atoms with van der Waals surface area (Å²) in [5, 5.41) is 8.79. The van der Waals surface area contributed by atoms with Gasteiger partial charge in [-0.2, -0.15) is 0 Å². The van der Waals surface area contributed by atoms with Crippen LogP contribution < -0.4 is 0 Å². The summed E-state index contributed by atoms with van der Waals surface area (Å²) in [6.45, 7) is 3.33. The van der Waals surface area contributed by atoms with Crippen molar-refractivity contribution >= 4 is 15.9 Å². The molecule has 3 heterocycles. The Kier molecular flexibility index (Phi) is 6.68. The average molecular weight is 448 g/mol. The van der Waals surface area contributed by atoms with Gasteiger partial charge in [0.05, 0.1) is 12.9 Å². The van der Waals surface area contributed by atoms with Gasteiger partial charge in [-0.25, -0.2) is 12.7 Å². The summed E-state index contributed by atoms with van der Waals surface area (Å²) in [7, 11) is -3.15. The highest BCUT2D eigenvalue weighted by atomic mass is 32.2. The number of carbonyl (C=O) groups is 1. The molecule has 0 radical (unpaired) electrons. The fourth-order valence-corrected chi connectivity index (χ4v) is 5.14. The van der Waals surface area contributed by atoms with Gasteiger partial charge in [-0.3, -0.25) is 4.79 Å². The molecule has 0 saturated carbocycles. The van der Waals surface area contributed by atoms with Crippen LogP contribution >= 0.6 is 0 Å². The van der Waals surface area contributed by atoms with Crippen molar-refractivity contribution in [2.24, 2.45) is 0 Å². The van der Waals surface area contributed by atoms with Crippen LogP contribution in [0.4, 0.5) is 0 Å². The van der Waals surface area contributed by atoms with E-state index in [1.54, 1.807) is 0 Å². The van der Waals surface area contributed by atoms with E-state index >= 15 is 0 Å². The monoisotopic (exact) mass is 447 g/mol. The fraction of sp³-hybridized carbons (Fsp3) is 0.571. The minimum absolute atomic E-state index is 0.0161. The van der Waals surface area contributed by atoms with Gasteiger partial charge in [0.1, 0.15) is 18.3 Å². The van der Waals surface area contributed by atoms with E-state index in [-0.39, 0.29) is 18.4 Å². The number of nitrogens with zero attached hydrogens (tertiary/aromatic N) is 5. The predicted octanol–water partition coefficient (Wildman–Crippen LogP) is 1.02. The summed E-state index contributed by atoms with van der Waals surface area (Å²) in [5.41, 5.74) is 1.05. The number of hydrogen-bond donors (Lipinski definition) is 0. The summed E-state index contributed by atoms with van der Waals surface area (Å²) in [5.74, 6) is 1.98. The van der Waals surface area contributed by atoms with Crippen LogP contribution in [0.2, 0.25) is 0 Å². The van der Waals surface area contributed by atoms with Crippen LogP contribution in [0, 0.1) is 0 Å². The molecule has 1 fully saturated rings. The molecule has 0 atom stereocenters. The van der Waals surface area contributed by atoms with Crippen molar-refractivity contribution in [3.8, 4) is 0 Å². The van der Waals surface area contributed by atoms with Crippen molar-refractivity contribution in [1.29, 1.82) is 0 Å². The molecule has 2 aliphatic rings. The molecule has 0 bridgehead atoms. The van der Waals surface area contributed by atoms with Gasteiger partial charge in [0.25, 0.3) is 0 Å². The standard InChI is InChI=1S/C21H29N5O4S/c1-31(28,29)25-11-7-18(8-12-25)21-23-22-19-9-10-24(13-14-26(19)21)20(27)16-30-15-17-5-3-2-4-6-17/h2-6,18H,7-16H2,1H3. The Labute approximate surface area is 183 Å². The molecule has 0 spiro atoms. The first kappa shape index (κ1) is 21.9. The zero-order chi connectivity index (χ0) is 21.8. The highest BCUT2D eigenvalue weighted by Crippen LogP contribution is 2.29. The first-order valence-corrected chi connectivity index (χ1v) is 12.5. The van der Waals surface area contributed by atoms with Crippen LogP contribution in [-0.4, -0.2) is 77.3 Å². The third-order valence-corrected chi connectivity index (χ3v) is 7.34. The van der Waals surface area contributed by atoms with E-state index in [4.69, 9.17) is 4.74 Å². The number of sulfonamides is 1. The summed E-state index contributed by atoms with van der Waals surface area (Å²) < 4.78 is 32.8. The van der Waals surface area contributed by atoms with Gasteiger partial charge >= 0.3 is 0 Å². The zero-order valence-corrected chi connectivity index (χ0v) is 18.6. The lowest BCUT2D eigenvalue weighted by Gasteiger charge is -2.30. The number of fused-ring (bicyclic) bond motifs is 1. The van der Waals surface area contributed by atoms with Crippen molar-refractivity contribution < 1.29 is 17.9 Å². The SMILES string of the molecule is CS(=O)(=O)N1CCC(c2nnc3n2CCN(C(=O)COCc2ccccc2)CC3)CC1. The molecule has 0 aliphatic carbocycles. The molecular weight excluding hydrogens is 418 g/mol. The molecule has 1 aromatic carbocycles. The maximum absolute atomic E-state index is 12.6. The third-order valence-electron chi connectivity index (χ3n) is 6.03. The molecule has 2 aromatic rings. The maximum Gasteiger partial charge on any atom is 0.248 e. The van der Waals surface area contributed by atoms with Gasteiger partial charge in [0.15, 0.2) is 0 Å². The number of benzene rings is 1. The molecule has 1 aromatic heterocycles. The number of aromatic nitrogens is 3. The first-order chi connectivity index (χ1) is 14.9. The lowest BCUT2D eigenvalue weighted by Crippen LogP contribution is -2.38. The second-order valence-corrected chi connectivity index (χ2v) is 10.2. The average Bonchev–Trinajstić information content (AvgIpc) is 3.05. The summed E-state index contributed by atoms with van der Waals surface area (Å²) >= 11 is 0. The van der Waals surface area contributed by atoms with Gasteiger partial charge < -0.3 is 14.2 Å². The molecule has 0 unspecified atom stereocenters. The highest BCUT2D eigenvalue weighted by molar-refractivity contribution is 7.88. The van der Waals surface area contributed by atoms with Gasteiger partial charge in [-0.1, -0.05) is 30.3 Å². The zero-order valence-electron chi connectivity index (χ0n) is 17.8. The van der Waals surface area contributed by atoms with Crippen LogP contribution in [0.25, 0.3) is 0 Å². The van der Waals surface area contributed by atoms with E-state index in [2.05, 4.69) is 14.8 Å². The summed E-state index contributed by atoms with van der Waals surface area (Å²) in [6.07, 6.45) is 3.38. The first-order valence-electron chi connectivity index (χ1n) is 10.7. The molecular formula is C21H29N5O4S. The highest BCUT2D eigenvalue weighted by Gasteiger charge is 2.30. The van der Waals surface area contributed by atoms with E-state index < -0.39 is 10.0 Å². The van der Waals surface area contributed by atoms with Gasteiger partial charge in [-0.15, -0.1) is 10.2 Å². The molecule has 4 rings (SSSR count). The van der Waals surface area contributed by atoms with Crippen LogP contribution in [0.1, 0.15) is 36.0 Å². The van der Waals surface area contributed by atoms with E-state index in [0.717, 1.165) is 30.1 Å². The van der Waals surface area contributed by atoms with Crippen LogP contribution in [0.5, 0.6) is 0 Å². The van der Waals surface area contributed by atoms with E-state index in [1.807, 2.05) is 35.2 Å². The lowest BCUT2D eigenvalue weighted by molar-refractivity contribution is -0.136. The summed E-state index contributed by atoms with van der Waals surface area (Å²) in [4.78, 5) is 14.5. The van der Waals surface area contributed by atoms with Gasteiger partial charge in [0, 0.05) is 45.1 Å². The molecule has 1 amide bonds. The quantitative estimate of drug-likeness (QED) is 0.656.